The molecule has 2 amide bonds. The first kappa shape index (κ1) is 15.8. The van der Waals surface area contributed by atoms with Crippen molar-refractivity contribution in [3.05, 3.63) is 59.7 Å². The predicted octanol–water partition coefficient (Wildman–Crippen LogP) is 3.47. The van der Waals surface area contributed by atoms with E-state index in [1.165, 1.54) is 0 Å². The molecule has 2 rings (SSSR count). The van der Waals surface area contributed by atoms with Gasteiger partial charge in [0.25, 0.3) is 0 Å². The third-order valence-corrected chi connectivity index (χ3v) is 2.86. The molecule has 0 radical (unpaired) electrons. The van der Waals surface area contributed by atoms with E-state index in [4.69, 9.17) is 4.74 Å². The Morgan fingerprint density at radius 3 is 2.55 bits per heavy atom. The molecule has 0 unspecified atom stereocenters. The Kier molecular flexibility index (Phi) is 5.30. The van der Waals surface area contributed by atoms with Crippen LogP contribution < -0.4 is 15.4 Å². The number of carbonyl (C=O) groups excluding carboxylic acids is 1. The van der Waals surface area contributed by atoms with Crippen LogP contribution in [0.25, 0.3) is 0 Å². The first-order chi connectivity index (χ1) is 10.5. The van der Waals surface area contributed by atoms with E-state index < -0.39 is 17.7 Å². The van der Waals surface area contributed by atoms with Crippen molar-refractivity contribution in [3.63, 3.8) is 0 Å². The second-order valence-corrected chi connectivity index (χ2v) is 4.67. The van der Waals surface area contributed by atoms with E-state index in [0.717, 1.165) is 17.7 Å². The summed E-state index contributed by atoms with van der Waals surface area (Å²) >= 11 is 0. The van der Waals surface area contributed by atoms with Crippen molar-refractivity contribution in [1.29, 1.82) is 0 Å². The van der Waals surface area contributed by atoms with E-state index in [2.05, 4.69) is 10.6 Å². The lowest BCUT2D eigenvalue weighted by molar-refractivity contribution is 0.247. The van der Waals surface area contributed by atoms with Gasteiger partial charge in [0.15, 0.2) is 0 Å². The quantitative estimate of drug-likeness (QED) is 0.831. The molecule has 22 heavy (non-hydrogen) atoms. The number of nitrogens with one attached hydrogen (secondary N) is 2. The van der Waals surface area contributed by atoms with Crippen LogP contribution in [0, 0.1) is 18.6 Å². The van der Waals surface area contributed by atoms with Gasteiger partial charge in [-0.1, -0.05) is 17.7 Å². The van der Waals surface area contributed by atoms with Gasteiger partial charge < -0.3 is 15.4 Å². The Morgan fingerprint density at radius 1 is 1.14 bits per heavy atom. The molecule has 0 aliphatic heterocycles. The van der Waals surface area contributed by atoms with Crippen molar-refractivity contribution in [2.24, 2.45) is 0 Å². The smallest absolute Gasteiger partial charge is 0.319 e. The number of halogens is 2. The minimum absolute atomic E-state index is 0.0849. The molecule has 0 spiro atoms. The maximum absolute atomic E-state index is 13.3. The maximum atomic E-state index is 13.3. The minimum atomic E-state index is -0.828. The van der Waals surface area contributed by atoms with E-state index in [1.54, 1.807) is 0 Å². The highest BCUT2D eigenvalue weighted by molar-refractivity contribution is 5.89. The first-order valence-electron chi connectivity index (χ1n) is 6.74. The normalized spacial score (nSPS) is 10.1. The molecule has 2 aromatic carbocycles. The van der Waals surface area contributed by atoms with E-state index in [-0.39, 0.29) is 18.8 Å². The lowest BCUT2D eigenvalue weighted by Gasteiger charge is -2.09. The summed E-state index contributed by atoms with van der Waals surface area (Å²) in [5.41, 5.74) is 1.05. The number of hydrogen-bond donors (Lipinski definition) is 2. The van der Waals surface area contributed by atoms with Crippen LogP contribution >= 0.6 is 0 Å². The topological polar surface area (TPSA) is 50.4 Å². The molecule has 6 heteroatoms. The van der Waals surface area contributed by atoms with Gasteiger partial charge in [-0.15, -0.1) is 0 Å². The van der Waals surface area contributed by atoms with Gasteiger partial charge in [0.05, 0.1) is 12.2 Å². The first-order valence-corrected chi connectivity index (χ1v) is 6.74. The van der Waals surface area contributed by atoms with Crippen LogP contribution in [0.15, 0.2) is 42.5 Å². The van der Waals surface area contributed by atoms with Gasteiger partial charge in [0, 0.05) is 6.07 Å². The summed E-state index contributed by atoms with van der Waals surface area (Å²) in [6.07, 6.45) is 0. The fraction of sp³-hybridized carbons (Fsp3) is 0.188. The number of aryl methyl sites for hydroxylation is 1. The average molecular weight is 306 g/mol. The van der Waals surface area contributed by atoms with Crippen LogP contribution in [0.1, 0.15) is 5.56 Å². The van der Waals surface area contributed by atoms with E-state index in [1.807, 2.05) is 31.2 Å². The highest BCUT2D eigenvalue weighted by atomic mass is 19.1. The van der Waals surface area contributed by atoms with E-state index >= 15 is 0 Å². The Morgan fingerprint density at radius 2 is 1.86 bits per heavy atom. The molecular formula is C16H16F2N2O2. The van der Waals surface area contributed by atoms with Crippen LogP contribution in [0.2, 0.25) is 0 Å². The summed E-state index contributed by atoms with van der Waals surface area (Å²) in [5.74, 6) is -0.821. The highest BCUT2D eigenvalue weighted by Crippen LogP contribution is 2.14. The third-order valence-electron chi connectivity index (χ3n) is 2.86. The highest BCUT2D eigenvalue weighted by Gasteiger charge is 2.07. The lowest BCUT2D eigenvalue weighted by Crippen LogP contribution is -2.32. The Hall–Kier alpha value is -2.63. The fourth-order valence-corrected chi connectivity index (χ4v) is 1.73. The van der Waals surface area contributed by atoms with Crippen LogP contribution in [0.5, 0.6) is 5.75 Å². The number of benzene rings is 2. The Bertz CT molecular complexity index is 645. The summed E-state index contributed by atoms with van der Waals surface area (Å²) in [6, 6.07) is 9.87. The summed E-state index contributed by atoms with van der Waals surface area (Å²) in [4.78, 5) is 11.6. The molecule has 0 saturated carbocycles. The molecule has 2 aromatic rings. The monoisotopic (exact) mass is 306 g/mol. The molecule has 0 bridgehead atoms. The van der Waals surface area contributed by atoms with E-state index in [9.17, 15) is 13.6 Å². The number of urea groups is 1. The zero-order chi connectivity index (χ0) is 15.9. The molecule has 0 aliphatic carbocycles. The van der Waals surface area contributed by atoms with Gasteiger partial charge in [-0.2, -0.15) is 0 Å². The average Bonchev–Trinajstić information content (AvgIpc) is 2.48. The molecule has 0 aromatic heterocycles. The van der Waals surface area contributed by atoms with Gasteiger partial charge >= 0.3 is 6.03 Å². The predicted molar refractivity (Wildman–Crippen MR) is 80.1 cm³/mol. The minimum Gasteiger partial charge on any atom is -0.492 e. The van der Waals surface area contributed by atoms with Crippen LogP contribution in [0.3, 0.4) is 0 Å². The van der Waals surface area contributed by atoms with Crippen molar-refractivity contribution >= 4 is 11.7 Å². The Balaban J connectivity index is 1.72. The number of anilines is 1. The van der Waals surface area contributed by atoms with Gasteiger partial charge in [-0.25, -0.2) is 13.6 Å². The summed E-state index contributed by atoms with van der Waals surface area (Å²) < 4.78 is 31.5. The van der Waals surface area contributed by atoms with E-state index in [0.29, 0.717) is 11.8 Å². The lowest BCUT2D eigenvalue weighted by atomic mass is 10.2. The van der Waals surface area contributed by atoms with Crippen molar-refractivity contribution in [3.8, 4) is 5.75 Å². The molecule has 4 nitrogen and oxygen atoms in total. The molecule has 0 aliphatic rings. The zero-order valence-electron chi connectivity index (χ0n) is 12.0. The van der Waals surface area contributed by atoms with Crippen molar-refractivity contribution in [1.82, 2.24) is 5.32 Å². The number of rotatable bonds is 5. The molecular weight excluding hydrogens is 290 g/mol. The molecule has 2 N–H and O–H groups in total. The van der Waals surface area contributed by atoms with Crippen molar-refractivity contribution in [2.75, 3.05) is 18.5 Å². The van der Waals surface area contributed by atoms with Crippen LogP contribution in [-0.4, -0.2) is 19.2 Å². The summed E-state index contributed by atoms with van der Waals surface area (Å²) in [7, 11) is 0. The SMILES string of the molecule is Cc1ccc(OCCNC(=O)Nc2ccc(F)cc2F)cc1. The standard InChI is InChI=1S/C16H16F2N2O2/c1-11-2-5-13(6-3-11)22-9-8-19-16(21)20-15-7-4-12(17)10-14(15)18/h2-7,10H,8-9H2,1H3,(H2,19,20,21). The molecule has 116 valence electrons. The zero-order valence-corrected chi connectivity index (χ0v) is 12.0. The second kappa shape index (κ2) is 7.40. The van der Waals surface area contributed by atoms with Gasteiger partial charge in [0.1, 0.15) is 24.0 Å². The number of amides is 2. The van der Waals surface area contributed by atoms with Crippen molar-refractivity contribution in [2.45, 2.75) is 6.92 Å². The summed E-state index contributed by atoms with van der Waals surface area (Å²) in [6.45, 7) is 2.51. The van der Waals surface area contributed by atoms with Gasteiger partial charge in [-0.3, -0.25) is 0 Å². The number of hydrogen-bond acceptors (Lipinski definition) is 2. The molecule has 0 fully saturated rings. The fourth-order valence-electron chi connectivity index (χ4n) is 1.73. The summed E-state index contributed by atoms with van der Waals surface area (Å²) in [5, 5.41) is 4.82. The van der Waals surface area contributed by atoms with Crippen LogP contribution in [-0.2, 0) is 0 Å². The number of ether oxygens (including phenoxy) is 1. The Labute approximate surface area is 127 Å². The van der Waals surface area contributed by atoms with Crippen molar-refractivity contribution < 1.29 is 18.3 Å². The number of carbonyl (C=O) groups is 1. The van der Waals surface area contributed by atoms with Gasteiger partial charge in [-0.05, 0) is 31.2 Å². The van der Waals surface area contributed by atoms with Crippen LogP contribution in [0.4, 0.5) is 19.3 Å². The largest absolute Gasteiger partial charge is 0.492 e. The molecule has 0 heterocycles. The molecule has 0 atom stereocenters. The molecule has 0 saturated heterocycles. The second-order valence-electron chi connectivity index (χ2n) is 4.67. The third kappa shape index (κ3) is 4.73. The maximum Gasteiger partial charge on any atom is 0.319 e. The van der Waals surface area contributed by atoms with Gasteiger partial charge in [0.2, 0.25) is 0 Å².